The van der Waals surface area contributed by atoms with Crippen LogP contribution in [0.2, 0.25) is 0 Å². The van der Waals surface area contributed by atoms with Crippen molar-refractivity contribution in [3.05, 3.63) is 94.2 Å². The molecule has 0 radical (unpaired) electrons. The van der Waals surface area contributed by atoms with E-state index in [2.05, 4.69) is 0 Å². The van der Waals surface area contributed by atoms with Crippen molar-refractivity contribution >= 4 is 17.4 Å². The Bertz CT molecular complexity index is 778. The monoisotopic (exact) mass is 366 g/mol. The predicted octanol–water partition coefficient (Wildman–Crippen LogP) is 4.28. The number of thiophene rings is 1. The number of hydroxylamine groups is 2. The number of nitrogens with two attached hydrogens (primary N) is 1. The molecule has 2 amide bonds. The highest BCUT2D eigenvalue weighted by Crippen LogP contribution is 2.30. The van der Waals surface area contributed by atoms with Crippen LogP contribution >= 0.6 is 11.3 Å². The zero-order valence-electron chi connectivity index (χ0n) is 14.4. The third kappa shape index (κ3) is 4.31. The van der Waals surface area contributed by atoms with Crippen LogP contribution in [0.25, 0.3) is 0 Å². The number of nitrogens with zero attached hydrogens (tertiary/aromatic N) is 1. The van der Waals surface area contributed by atoms with Gasteiger partial charge in [-0.2, -0.15) is 5.06 Å². The van der Waals surface area contributed by atoms with Gasteiger partial charge in [-0.3, -0.25) is 5.21 Å². The van der Waals surface area contributed by atoms with E-state index < -0.39 is 11.6 Å². The van der Waals surface area contributed by atoms with Gasteiger partial charge >= 0.3 is 6.03 Å². The van der Waals surface area contributed by atoms with Gasteiger partial charge in [0.1, 0.15) is 0 Å². The summed E-state index contributed by atoms with van der Waals surface area (Å²) in [6, 6.07) is 22.9. The number of hydrogen-bond acceptors (Lipinski definition) is 3. The molecule has 0 aliphatic carbocycles. The minimum atomic E-state index is -0.862. The molecular formula is C21H22N2O2S. The minimum Gasteiger partial charge on any atom is -0.350 e. The third-order valence-corrected chi connectivity index (χ3v) is 5.37. The molecule has 1 heterocycles. The van der Waals surface area contributed by atoms with E-state index in [4.69, 9.17) is 5.73 Å². The molecule has 3 aromatic rings. The summed E-state index contributed by atoms with van der Waals surface area (Å²) in [6.45, 7) is 0. The largest absolute Gasteiger partial charge is 0.350 e. The lowest BCUT2D eigenvalue weighted by Gasteiger charge is -2.39. The lowest BCUT2D eigenvalue weighted by Crippen LogP contribution is -2.56. The third-order valence-electron chi connectivity index (χ3n) is 4.49. The first kappa shape index (κ1) is 18.2. The van der Waals surface area contributed by atoms with E-state index in [1.54, 1.807) is 11.3 Å². The summed E-state index contributed by atoms with van der Waals surface area (Å²) < 4.78 is 0. The number of carbonyl (C=O) groups excluding carboxylic acids is 1. The van der Waals surface area contributed by atoms with Crippen molar-refractivity contribution in [1.82, 2.24) is 5.06 Å². The Kier molecular flexibility index (Phi) is 5.71. The van der Waals surface area contributed by atoms with Crippen LogP contribution < -0.4 is 5.73 Å². The Hall–Kier alpha value is -2.63. The molecule has 0 spiro atoms. The van der Waals surface area contributed by atoms with Crippen molar-refractivity contribution in [2.75, 3.05) is 0 Å². The second-order valence-corrected chi connectivity index (χ2v) is 7.49. The van der Waals surface area contributed by atoms with E-state index in [9.17, 15) is 10.0 Å². The summed E-state index contributed by atoms with van der Waals surface area (Å²) in [7, 11) is 0. The Morgan fingerprint density at radius 1 is 0.885 bits per heavy atom. The minimum absolute atomic E-state index is 0.500. The molecule has 2 aromatic carbocycles. The van der Waals surface area contributed by atoms with Crippen LogP contribution in [-0.4, -0.2) is 21.8 Å². The molecule has 0 fully saturated rings. The molecule has 1 aromatic heterocycles. The maximum Gasteiger partial charge on any atom is 0.339 e. The number of carbonyl (C=O) groups is 1. The predicted molar refractivity (Wildman–Crippen MR) is 104 cm³/mol. The lowest BCUT2D eigenvalue weighted by atomic mass is 9.81. The van der Waals surface area contributed by atoms with Crippen molar-refractivity contribution in [3.8, 4) is 0 Å². The van der Waals surface area contributed by atoms with Crippen LogP contribution in [0.3, 0.4) is 0 Å². The SMILES string of the molecule is NC(=O)N(O)C(Cc1ccccc1)(Cc1ccccc1)Cc1cccs1. The molecule has 0 unspecified atom stereocenters. The number of rotatable bonds is 7. The number of urea groups is 1. The normalized spacial score (nSPS) is 11.3. The van der Waals surface area contributed by atoms with Crippen molar-refractivity contribution < 1.29 is 10.0 Å². The quantitative estimate of drug-likeness (QED) is 0.484. The number of benzene rings is 2. The molecule has 0 aliphatic rings. The summed E-state index contributed by atoms with van der Waals surface area (Å²) in [6.07, 6.45) is 1.52. The first-order chi connectivity index (χ1) is 12.6. The van der Waals surface area contributed by atoms with Crippen LogP contribution in [0.15, 0.2) is 78.2 Å². The van der Waals surface area contributed by atoms with Crippen LogP contribution in [0.4, 0.5) is 4.79 Å². The molecule has 0 bridgehead atoms. The lowest BCUT2D eigenvalue weighted by molar-refractivity contribution is -0.124. The zero-order valence-corrected chi connectivity index (χ0v) is 15.2. The number of hydrogen-bond donors (Lipinski definition) is 2. The molecule has 0 aliphatic heterocycles. The first-order valence-corrected chi connectivity index (χ1v) is 9.36. The Morgan fingerprint density at radius 2 is 1.42 bits per heavy atom. The van der Waals surface area contributed by atoms with Crippen molar-refractivity contribution in [2.45, 2.75) is 24.8 Å². The maximum absolute atomic E-state index is 12.0. The fourth-order valence-corrected chi connectivity index (χ4v) is 4.18. The molecule has 0 saturated heterocycles. The summed E-state index contributed by atoms with van der Waals surface area (Å²) in [5.41, 5.74) is 6.72. The van der Waals surface area contributed by atoms with E-state index in [1.807, 2.05) is 78.2 Å². The highest BCUT2D eigenvalue weighted by Gasteiger charge is 2.39. The molecule has 5 heteroatoms. The topological polar surface area (TPSA) is 66.6 Å². The molecule has 3 rings (SSSR count). The smallest absolute Gasteiger partial charge is 0.339 e. The second kappa shape index (κ2) is 8.17. The fourth-order valence-electron chi connectivity index (χ4n) is 3.34. The summed E-state index contributed by atoms with van der Waals surface area (Å²) in [5.74, 6) is 0. The van der Waals surface area contributed by atoms with Gasteiger partial charge in [-0.25, -0.2) is 4.79 Å². The Labute approximate surface area is 157 Å². The maximum atomic E-state index is 12.0. The molecule has 26 heavy (non-hydrogen) atoms. The van der Waals surface area contributed by atoms with Gasteiger partial charge in [-0.05, 0) is 35.4 Å². The van der Waals surface area contributed by atoms with E-state index in [0.29, 0.717) is 19.3 Å². The van der Waals surface area contributed by atoms with Gasteiger partial charge in [0.2, 0.25) is 0 Å². The van der Waals surface area contributed by atoms with E-state index in [1.165, 1.54) is 0 Å². The second-order valence-electron chi connectivity index (χ2n) is 6.46. The van der Waals surface area contributed by atoms with Gasteiger partial charge in [0.05, 0.1) is 5.54 Å². The average Bonchev–Trinajstić information content (AvgIpc) is 3.15. The van der Waals surface area contributed by atoms with Crippen molar-refractivity contribution in [2.24, 2.45) is 5.73 Å². The number of primary amides is 1. The molecule has 3 N–H and O–H groups in total. The van der Waals surface area contributed by atoms with Crippen LogP contribution in [-0.2, 0) is 19.3 Å². The highest BCUT2D eigenvalue weighted by atomic mass is 32.1. The molecule has 4 nitrogen and oxygen atoms in total. The summed E-state index contributed by atoms with van der Waals surface area (Å²) >= 11 is 1.61. The van der Waals surface area contributed by atoms with Gasteiger partial charge in [0.15, 0.2) is 0 Å². The van der Waals surface area contributed by atoms with Crippen LogP contribution in [0.5, 0.6) is 0 Å². The molecular weight excluding hydrogens is 344 g/mol. The van der Waals surface area contributed by atoms with E-state index in [0.717, 1.165) is 21.1 Å². The van der Waals surface area contributed by atoms with Crippen molar-refractivity contribution in [3.63, 3.8) is 0 Å². The molecule has 0 saturated carbocycles. The number of amides is 2. The Morgan fingerprint density at radius 3 is 1.85 bits per heavy atom. The average molecular weight is 366 g/mol. The standard InChI is InChI=1S/C21H22N2O2S/c22-20(24)23(25)21(16-19-12-7-13-26-19,14-17-8-3-1-4-9-17)15-18-10-5-2-6-11-18/h1-13,25H,14-16H2,(H2,22,24). The first-order valence-electron chi connectivity index (χ1n) is 8.48. The summed E-state index contributed by atoms with van der Waals surface area (Å²) in [4.78, 5) is 13.1. The Balaban J connectivity index is 2.03. The van der Waals surface area contributed by atoms with Crippen LogP contribution in [0, 0.1) is 0 Å². The van der Waals surface area contributed by atoms with Gasteiger partial charge in [-0.1, -0.05) is 66.7 Å². The molecule has 134 valence electrons. The fraction of sp³-hybridized carbons (Fsp3) is 0.190. The van der Waals surface area contributed by atoms with Crippen molar-refractivity contribution in [1.29, 1.82) is 0 Å². The van der Waals surface area contributed by atoms with Gasteiger partial charge < -0.3 is 5.73 Å². The summed E-state index contributed by atoms with van der Waals surface area (Å²) in [5, 5.41) is 13.4. The zero-order chi connectivity index (χ0) is 18.4. The molecule has 0 atom stereocenters. The van der Waals surface area contributed by atoms with E-state index >= 15 is 0 Å². The van der Waals surface area contributed by atoms with Gasteiger partial charge in [0.25, 0.3) is 0 Å². The van der Waals surface area contributed by atoms with Gasteiger partial charge in [-0.15, -0.1) is 11.3 Å². The van der Waals surface area contributed by atoms with Gasteiger partial charge in [0, 0.05) is 11.3 Å². The van der Waals surface area contributed by atoms with E-state index in [-0.39, 0.29) is 0 Å². The van der Waals surface area contributed by atoms with Crippen LogP contribution in [0.1, 0.15) is 16.0 Å². The highest BCUT2D eigenvalue weighted by molar-refractivity contribution is 7.09.